The van der Waals surface area contributed by atoms with Crippen LogP contribution in [0.2, 0.25) is 0 Å². The minimum Gasteiger partial charge on any atom is -0.478 e. The fourth-order valence-corrected chi connectivity index (χ4v) is 2.58. The lowest BCUT2D eigenvalue weighted by Gasteiger charge is -2.20. The molecule has 0 fully saturated rings. The molecular weight excluding hydrogens is 322 g/mol. The molecule has 1 atom stereocenters. The third-order valence-corrected chi connectivity index (χ3v) is 3.32. The number of benzene rings is 1. The molecule has 0 saturated heterocycles. The van der Waals surface area contributed by atoms with Crippen molar-refractivity contribution in [1.82, 2.24) is 5.32 Å². The largest absolute Gasteiger partial charge is 0.478 e. The topological polar surface area (TPSA) is 47.6 Å². The van der Waals surface area contributed by atoms with E-state index in [1.807, 2.05) is 33.0 Å². The normalized spacial score (nSPS) is 12.1. The number of hydrogen-bond acceptors (Lipinski definition) is 4. The van der Waals surface area contributed by atoms with Crippen molar-refractivity contribution in [2.24, 2.45) is 0 Å². The van der Waals surface area contributed by atoms with E-state index in [1.54, 1.807) is 6.92 Å². The van der Waals surface area contributed by atoms with Gasteiger partial charge in [0, 0.05) is 16.6 Å². The van der Waals surface area contributed by atoms with E-state index in [9.17, 15) is 4.79 Å². The number of carbonyl (C=O) groups excluding carboxylic acids is 1. The molecule has 0 aromatic heterocycles. The van der Waals surface area contributed by atoms with Crippen molar-refractivity contribution in [3.05, 3.63) is 27.7 Å². The molecule has 112 valence electrons. The summed E-state index contributed by atoms with van der Waals surface area (Å²) in [5, 5.41) is 3.11. The zero-order chi connectivity index (χ0) is 15.1. The van der Waals surface area contributed by atoms with Crippen LogP contribution in [0, 0.1) is 6.92 Å². The number of nitrogens with one attached hydrogen (secondary N) is 1. The molecule has 1 unspecified atom stereocenters. The highest BCUT2D eigenvalue weighted by Crippen LogP contribution is 2.29. The number of aryl methyl sites for hydroxylation is 1. The molecule has 1 N–H and O–H groups in total. The maximum Gasteiger partial charge on any atom is 0.347 e. The van der Waals surface area contributed by atoms with Crippen LogP contribution in [0.5, 0.6) is 5.75 Å². The summed E-state index contributed by atoms with van der Waals surface area (Å²) in [5.41, 5.74) is 2.01. The van der Waals surface area contributed by atoms with Gasteiger partial charge >= 0.3 is 5.97 Å². The van der Waals surface area contributed by atoms with E-state index in [1.165, 1.54) is 0 Å². The number of hydrogen-bond donors (Lipinski definition) is 1. The van der Waals surface area contributed by atoms with Gasteiger partial charge in [-0.05, 0) is 45.0 Å². The average molecular weight is 344 g/mol. The highest BCUT2D eigenvalue weighted by molar-refractivity contribution is 9.10. The fourth-order valence-electron chi connectivity index (χ4n) is 1.97. The Morgan fingerprint density at radius 2 is 2.10 bits per heavy atom. The summed E-state index contributed by atoms with van der Waals surface area (Å²) < 4.78 is 12.0. The second-order valence-electron chi connectivity index (χ2n) is 4.51. The Hall–Kier alpha value is -1.07. The molecule has 1 aromatic rings. The van der Waals surface area contributed by atoms with Crippen LogP contribution in [0.4, 0.5) is 0 Å². The number of ether oxygens (including phenoxy) is 2. The molecule has 0 amide bonds. The molecule has 0 heterocycles. The second-order valence-corrected chi connectivity index (χ2v) is 5.42. The Morgan fingerprint density at radius 1 is 1.40 bits per heavy atom. The Morgan fingerprint density at radius 3 is 2.65 bits per heavy atom. The molecule has 0 bridgehead atoms. The van der Waals surface area contributed by atoms with Gasteiger partial charge in [-0.3, -0.25) is 0 Å². The first-order chi connectivity index (χ1) is 9.53. The van der Waals surface area contributed by atoms with E-state index >= 15 is 0 Å². The molecule has 0 aliphatic rings. The zero-order valence-electron chi connectivity index (χ0n) is 12.5. The summed E-state index contributed by atoms with van der Waals surface area (Å²) in [7, 11) is 1.88. The van der Waals surface area contributed by atoms with Crippen molar-refractivity contribution in [1.29, 1.82) is 0 Å². The average Bonchev–Trinajstić information content (AvgIpc) is 2.38. The van der Waals surface area contributed by atoms with Crippen LogP contribution < -0.4 is 10.1 Å². The van der Waals surface area contributed by atoms with Crippen LogP contribution in [0.1, 0.15) is 31.4 Å². The molecule has 0 saturated carbocycles. The van der Waals surface area contributed by atoms with Crippen molar-refractivity contribution in [2.45, 2.75) is 39.8 Å². The Bertz CT molecular complexity index is 463. The maximum atomic E-state index is 11.9. The second kappa shape index (κ2) is 8.27. The first-order valence-electron chi connectivity index (χ1n) is 6.80. The molecular formula is C15H22BrNO3. The summed E-state index contributed by atoms with van der Waals surface area (Å²) in [5.74, 6) is 0.440. The molecule has 5 heteroatoms. The molecule has 20 heavy (non-hydrogen) atoms. The van der Waals surface area contributed by atoms with Gasteiger partial charge in [0.25, 0.3) is 0 Å². The van der Waals surface area contributed by atoms with Gasteiger partial charge in [0.05, 0.1) is 6.61 Å². The third kappa shape index (κ3) is 4.49. The molecule has 0 aliphatic carbocycles. The Kier molecular flexibility index (Phi) is 7.02. The standard InChI is InChI=1S/C15H22BrNO3/c1-5-13(15(18)19-6-2)20-14-10(3)7-12(16)8-11(14)9-17-4/h7-8,13,17H,5-6,9H2,1-4H3. The molecule has 0 spiro atoms. The van der Waals surface area contributed by atoms with E-state index in [0.29, 0.717) is 19.6 Å². The minimum absolute atomic E-state index is 0.312. The summed E-state index contributed by atoms with van der Waals surface area (Å²) in [6, 6.07) is 3.98. The number of halogens is 1. The first kappa shape index (κ1) is 17.0. The van der Waals surface area contributed by atoms with Crippen molar-refractivity contribution in [2.75, 3.05) is 13.7 Å². The lowest BCUT2D eigenvalue weighted by Crippen LogP contribution is -2.29. The molecule has 1 rings (SSSR count). The maximum absolute atomic E-state index is 11.9. The SMILES string of the molecule is CCOC(=O)C(CC)Oc1c(C)cc(Br)cc1CNC. The van der Waals surface area contributed by atoms with E-state index < -0.39 is 6.10 Å². The lowest BCUT2D eigenvalue weighted by atomic mass is 10.1. The zero-order valence-corrected chi connectivity index (χ0v) is 14.0. The number of rotatable bonds is 7. The summed E-state index contributed by atoms with van der Waals surface area (Å²) in [6.07, 6.45) is 0.0123. The van der Waals surface area contributed by atoms with Gasteiger partial charge in [-0.15, -0.1) is 0 Å². The molecule has 4 nitrogen and oxygen atoms in total. The Labute approximate surface area is 129 Å². The van der Waals surface area contributed by atoms with Crippen LogP contribution in [0.3, 0.4) is 0 Å². The van der Waals surface area contributed by atoms with Gasteiger partial charge < -0.3 is 14.8 Å². The van der Waals surface area contributed by atoms with Gasteiger partial charge in [0.1, 0.15) is 5.75 Å². The van der Waals surface area contributed by atoms with E-state index in [-0.39, 0.29) is 5.97 Å². The predicted molar refractivity (Wildman–Crippen MR) is 83.0 cm³/mol. The molecule has 0 aliphatic heterocycles. The van der Waals surface area contributed by atoms with E-state index in [4.69, 9.17) is 9.47 Å². The van der Waals surface area contributed by atoms with Crippen LogP contribution >= 0.6 is 15.9 Å². The smallest absolute Gasteiger partial charge is 0.347 e. The summed E-state index contributed by atoms with van der Waals surface area (Å²) >= 11 is 3.48. The van der Waals surface area contributed by atoms with Crippen molar-refractivity contribution in [3.63, 3.8) is 0 Å². The summed E-state index contributed by atoms with van der Waals surface area (Å²) in [6.45, 7) is 6.71. The monoisotopic (exact) mass is 343 g/mol. The predicted octanol–water partition coefficient (Wildman–Crippen LogP) is 3.20. The number of carbonyl (C=O) groups is 1. The summed E-state index contributed by atoms with van der Waals surface area (Å²) in [4.78, 5) is 11.9. The van der Waals surface area contributed by atoms with Crippen molar-refractivity contribution >= 4 is 21.9 Å². The van der Waals surface area contributed by atoms with Crippen molar-refractivity contribution in [3.8, 4) is 5.75 Å². The quantitative estimate of drug-likeness (QED) is 0.772. The van der Waals surface area contributed by atoms with Gasteiger partial charge in [-0.2, -0.15) is 0 Å². The molecule has 0 radical (unpaired) electrons. The van der Waals surface area contributed by atoms with E-state index in [0.717, 1.165) is 21.3 Å². The number of esters is 1. The van der Waals surface area contributed by atoms with Crippen LogP contribution in [0.15, 0.2) is 16.6 Å². The molecule has 1 aromatic carbocycles. The highest BCUT2D eigenvalue weighted by Gasteiger charge is 2.22. The fraction of sp³-hybridized carbons (Fsp3) is 0.533. The minimum atomic E-state index is -0.564. The van der Waals surface area contributed by atoms with Gasteiger partial charge in [-0.25, -0.2) is 4.79 Å². The van der Waals surface area contributed by atoms with Crippen LogP contribution in [0.25, 0.3) is 0 Å². The van der Waals surface area contributed by atoms with Crippen molar-refractivity contribution < 1.29 is 14.3 Å². The Balaban J connectivity index is 3.02. The van der Waals surface area contributed by atoms with E-state index in [2.05, 4.69) is 21.2 Å². The van der Waals surface area contributed by atoms with Gasteiger partial charge in [0.15, 0.2) is 6.10 Å². The third-order valence-electron chi connectivity index (χ3n) is 2.86. The highest BCUT2D eigenvalue weighted by atomic mass is 79.9. The van der Waals surface area contributed by atoms with Crippen LogP contribution in [-0.4, -0.2) is 25.7 Å². The lowest BCUT2D eigenvalue weighted by molar-refractivity contribution is -0.151. The van der Waals surface area contributed by atoms with Gasteiger partial charge in [0.2, 0.25) is 0 Å². The van der Waals surface area contributed by atoms with Gasteiger partial charge in [-0.1, -0.05) is 22.9 Å². The first-order valence-corrected chi connectivity index (χ1v) is 7.59. The van der Waals surface area contributed by atoms with Crippen LogP contribution in [-0.2, 0) is 16.1 Å².